The van der Waals surface area contributed by atoms with Gasteiger partial charge in [-0.25, -0.2) is 0 Å². The first-order valence-electron chi connectivity index (χ1n) is 5.33. The van der Waals surface area contributed by atoms with Gasteiger partial charge in [-0.1, -0.05) is 12.1 Å². The topological polar surface area (TPSA) is 29.5 Å². The van der Waals surface area contributed by atoms with Crippen LogP contribution in [-0.4, -0.2) is 26.0 Å². The lowest BCUT2D eigenvalue weighted by atomic mass is 10.1. The van der Waals surface area contributed by atoms with Gasteiger partial charge in [0, 0.05) is 7.05 Å². The number of allylic oxidation sites excluding steroid dienone is 1. The number of anilines is 1. The van der Waals surface area contributed by atoms with Crippen LogP contribution in [0, 0.1) is 0 Å². The Morgan fingerprint density at radius 2 is 2.31 bits per heavy atom. The van der Waals surface area contributed by atoms with Gasteiger partial charge in [-0.3, -0.25) is 4.79 Å². The van der Waals surface area contributed by atoms with E-state index in [-0.39, 0.29) is 5.78 Å². The van der Waals surface area contributed by atoms with Crippen LogP contribution in [0.15, 0.2) is 24.3 Å². The number of hydrogen-bond acceptors (Lipinski definition) is 3. The minimum atomic E-state index is 0.0577. The largest absolute Gasteiger partial charge is 0.490 e. The summed E-state index contributed by atoms with van der Waals surface area (Å²) in [6, 6.07) is 5.94. The normalized spacial score (nSPS) is 14.8. The summed E-state index contributed by atoms with van der Waals surface area (Å²) in [6.45, 7) is 3.17. The zero-order chi connectivity index (χ0) is 11.5. The van der Waals surface area contributed by atoms with Crippen LogP contribution in [0.5, 0.6) is 5.75 Å². The van der Waals surface area contributed by atoms with Gasteiger partial charge in [0.25, 0.3) is 0 Å². The molecule has 1 aromatic carbocycles. The Hall–Kier alpha value is -1.77. The maximum atomic E-state index is 10.8. The number of carbonyl (C=O) groups is 1. The molecular formula is C13H15NO2. The molecule has 0 aliphatic carbocycles. The van der Waals surface area contributed by atoms with Gasteiger partial charge >= 0.3 is 0 Å². The number of rotatable bonds is 2. The maximum absolute atomic E-state index is 10.8. The zero-order valence-electron chi connectivity index (χ0n) is 9.56. The highest BCUT2D eigenvalue weighted by atomic mass is 16.5. The number of fused-ring (bicyclic) bond motifs is 1. The Morgan fingerprint density at radius 1 is 1.50 bits per heavy atom. The standard InChI is InChI=1S/C13H15NO2/c1-10(15)3-4-11-5-6-13-12(9-11)14(2)7-8-16-13/h3-6,9H,7-8H2,1-2H3/b4-3+. The molecule has 2 rings (SSSR count). The average Bonchev–Trinajstić information content (AvgIpc) is 2.27. The first-order chi connectivity index (χ1) is 7.66. The number of likely N-dealkylation sites (N-methyl/N-ethyl adjacent to an activating group) is 1. The Balaban J connectivity index is 2.30. The van der Waals surface area contributed by atoms with Crippen molar-refractivity contribution in [2.45, 2.75) is 6.92 Å². The van der Waals surface area contributed by atoms with Crippen molar-refractivity contribution >= 4 is 17.5 Å². The minimum absolute atomic E-state index is 0.0577. The average molecular weight is 217 g/mol. The third kappa shape index (κ3) is 2.24. The Labute approximate surface area is 95.3 Å². The summed E-state index contributed by atoms with van der Waals surface area (Å²) < 4.78 is 5.54. The third-order valence-electron chi connectivity index (χ3n) is 2.59. The maximum Gasteiger partial charge on any atom is 0.152 e. The highest BCUT2D eigenvalue weighted by Gasteiger charge is 2.14. The molecule has 0 fully saturated rings. The van der Waals surface area contributed by atoms with Crippen LogP contribution in [0.1, 0.15) is 12.5 Å². The summed E-state index contributed by atoms with van der Waals surface area (Å²) in [7, 11) is 2.04. The van der Waals surface area contributed by atoms with Crippen LogP contribution < -0.4 is 9.64 Å². The zero-order valence-corrected chi connectivity index (χ0v) is 9.56. The Kier molecular flexibility index (Phi) is 2.95. The second-order valence-corrected chi connectivity index (χ2v) is 3.94. The van der Waals surface area contributed by atoms with E-state index in [1.807, 2.05) is 31.3 Å². The minimum Gasteiger partial charge on any atom is -0.490 e. The second kappa shape index (κ2) is 4.39. The monoisotopic (exact) mass is 217 g/mol. The van der Waals surface area contributed by atoms with E-state index in [2.05, 4.69) is 4.90 Å². The molecule has 1 heterocycles. The molecule has 84 valence electrons. The van der Waals surface area contributed by atoms with Crippen LogP contribution in [0.25, 0.3) is 6.08 Å². The lowest BCUT2D eigenvalue weighted by Crippen LogP contribution is -2.28. The summed E-state index contributed by atoms with van der Waals surface area (Å²) in [5, 5.41) is 0. The van der Waals surface area contributed by atoms with E-state index in [0.717, 1.165) is 30.2 Å². The molecule has 16 heavy (non-hydrogen) atoms. The van der Waals surface area contributed by atoms with Gasteiger partial charge in [0.15, 0.2) is 5.78 Å². The molecule has 0 aromatic heterocycles. The van der Waals surface area contributed by atoms with E-state index in [0.29, 0.717) is 0 Å². The fraction of sp³-hybridized carbons (Fsp3) is 0.308. The number of ketones is 1. The van der Waals surface area contributed by atoms with Crippen molar-refractivity contribution in [1.29, 1.82) is 0 Å². The van der Waals surface area contributed by atoms with Crippen LogP contribution in [0.4, 0.5) is 5.69 Å². The molecule has 0 saturated heterocycles. The molecule has 0 radical (unpaired) electrons. The van der Waals surface area contributed by atoms with Gasteiger partial charge in [0.1, 0.15) is 12.4 Å². The fourth-order valence-electron chi connectivity index (χ4n) is 1.68. The molecule has 0 saturated carbocycles. The molecular weight excluding hydrogens is 202 g/mol. The van der Waals surface area contributed by atoms with Gasteiger partial charge < -0.3 is 9.64 Å². The number of carbonyl (C=O) groups excluding carboxylic acids is 1. The molecule has 0 spiro atoms. The number of hydrogen-bond donors (Lipinski definition) is 0. The van der Waals surface area contributed by atoms with Crippen molar-refractivity contribution < 1.29 is 9.53 Å². The lowest BCUT2D eigenvalue weighted by Gasteiger charge is -2.27. The lowest BCUT2D eigenvalue weighted by molar-refractivity contribution is -0.112. The van der Waals surface area contributed by atoms with Gasteiger partial charge in [0.05, 0.1) is 12.2 Å². The molecule has 3 heteroatoms. The molecule has 1 aromatic rings. The molecule has 3 nitrogen and oxygen atoms in total. The molecule has 0 unspecified atom stereocenters. The first kappa shape index (κ1) is 10.7. The highest BCUT2D eigenvalue weighted by molar-refractivity contribution is 5.91. The van der Waals surface area contributed by atoms with E-state index in [9.17, 15) is 4.79 Å². The number of benzene rings is 1. The predicted octanol–water partition coefficient (Wildman–Crippen LogP) is 2.12. The Bertz CT molecular complexity index is 438. The van der Waals surface area contributed by atoms with Crippen molar-refractivity contribution in [2.75, 3.05) is 25.1 Å². The molecule has 0 bridgehead atoms. The molecule has 0 N–H and O–H groups in total. The number of nitrogens with zero attached hydrogens (tertiary/aromatic N) is 1. The Morgan fingerprint density at radius 3 is 3.06 bits per heavy atom. The quantitative estimate of drug-likeness (QED) is 0.711. The van der Waals surface area contributed by atoms with E-state index in [1.54, 1.807) is 13.0 Å². The smallest absolute Gasteiger partial charge is 0.152 e. The van der Waals surface area contributed by atoms with Gasteiger partial charge in [0.2, 0.25) is 0 Å². The summed E-state index contributed by atoms with van der Waals surface area (Å²) in [5.41, 5.74) is 2.10. The van der Waals surface area contributed by atoms with Crippen molar-refractivity contribution in [2.24, 2.45) is 0 Å². The van der Waals surface area contributed by atoms with Crippen LogP contribution in [-0.2, 0) is 4.79 Å². The van der Waals surface area contributed by atoms with Gasteiger partial charge in [-0.2, -0.15) is 0 Å². The van der Waals surface area contributed by atoms with Gasteiger partial charge in [-0.15, -0.1) is 0 Å². The van der Waals surface area contributed by atoms with Crippen molar-refractivity contribution in [3.63, 3.8) is 0 Å². The van der Waals surface area contributed by atoms with Crippen LogP contribution in [0.3, 0.4) is 0 Å². The van der Waals surface area contributed by atoms with E-state index >= 15 is 0 Å². The van der Waals surface area contributed by atoms with Crippen molar-refractivity contribution in [3.8, 4) is 5.75 Å². The van der Waals surface area contributed by atoms with Crippen molar-refractivity contribution in [3.05, 3.63) is 29.8 Å². The molecule has 0 amide bonds. The summed E-state index contributed by atoms with van der Waals surface area (Å²) in [5.74, 6) is 0.969. The molecule has 0 atom stereocenters. The molecule has 1 aliphatic rings. The SMILES string of the molecule is CC(=O)/C=C/c1ccc2c(c1)N(C)CCO2. The van der Waals surface area contributed by atoms with Gasteiger partial charge in [-0.05, 0) is 30.7 Å². The van der Waals surface area contributed by atoms with Crippen LogP contribution in [0.2, 0.25) is 0 Å². The first-order valence-corrected chi connectivity index (χ1v) is 5.33. The summed E-state index contributed by atoms with van der Waals surface area (Å²) in [6.07, 6.45) is 3.40. The number of ether oxygens (including phenoxy) is 1. The fourth-order valence-corrected chi connectivity index (χ4v) is 1.68. The third-order valence-corrected chi connectivity index (χ3v) is 2.59. The highest BCUT2D eigenvalue weighted by Crippen LogP contribution is 2.31. The predicted molar refractivity (Wildman–Crippen MR) is 64.9 cm³/mol. The van der Waals surface area contributed by atoms with E-state index < -0.39 is 0 Å². The van der Waals surface area contributed by atoms with E-state index in [4.69, 9.17) is 4.74 Å². The summed E-state index contributed by atoms with van der Waals surface area (Å²) >= 11 is 0. The summed E-state index contributed by atoms with van der Waals surface area (Å²) in [4.78, 5) is 13.0. The molecule has 1 aliphatic heterocycles. The van der Waals surface area contributed by atoms with Crippen LogP contribution >= 0.6 is 0 Å². The second-order valence-electron chi connectivity index (χ2n) is 3.94. The van der Waals surface area contributed by atoms with Crippen molar-refractivity contribution in [1.82, 2.24) is 0 Å². The van der Waals surface area contributed by atoms with E-state index in [1.165, 1.54) is 0 Å².